The van der Waals surface area contributed by atoms with Gasteiger partial charge in [-0.15, -0.1) is 0 Å². The Kier molecular flexibility index (Phi) is 5.53. The van der Waals surface area contributed by atoms with Gasteiger partial charge in [-0.3, -0.25) is 0 Å². The van der Waals surface area contributed by atoms with E-state index in [1.54, 1.807) is 12.1 Å². The second-order valence-electron chi connectivity index (χ2n) is 5.93. The summed E-state index contributed by atoms with van der Waals surface area (Å²) in [6, 6.07) is 4.74. The molecule has 2 rings (SSSR count). The third-order valence-electron chi connectivity index (χ3n) is 4.67. The van der Waals surface area contributed by atoms with Crippen LogP contribution in [0.3, 0.4) is 0 Å². The van der Waals surface area contributed by atoms with E-state index in [0.717, 1.165) is 12.5 Å². The molecule has 0 spiro atoms. The molecule has 0 bridgehead atoms. The Morgan fingerprint density at radius 1 is 1.25 bits per heavy atom. The zero-order valence-corrected chi connectivity index (χ0v) is 12.5. The van der Waals surface area contributed by atoms with Crippen molar-refractivity contribution < 1.29 is 8.78 Å². The zero-order chi connectivity index (χ0) is 14.5. The number of rotatable bonds is 6. The van der Waals surface area contributed by atoms with Crippen molar-refractivity contribution in [1.82, 2.24) is 5.32 Å². The minimum atomic E-state index is -0.740. The van der Waals surface area contributed by atoms with Gasteiger partial charge in [-0.1, -0.05) is 38.8 Å². The fraction of sp³-hybridized carbons (Fsp3) is 0.647. The van der Waals surface area contributed by atoms with Crippen molar-refractivity contribution >= 4 is 0 Å². The monoisotopic (exact) mass is 281 g/mol. The highest BCUT2D eigenvalue weighted by Crippen LogP contribution is 2.36. The SMILES string of the molecule is CCNC(Cc1cccc(F)c1F)C1CCC(CC)C1. The lowest BCUT2D eigenvalue weighted by molar-refractivity contribution is 0.344. The summed E-state index contributed by atoms with van der Waals surface area (Å²) in [5, 5.41) is 3.48. The Bertz CT molecular complexity index is 433. The van der Waals surface area contributed by atoms with Gasteiger partial charge in [0.15, 0.2) is 11.6 Å². The predicted octanol–water partition coefficient (Wildman–Crippen LogP) is 4.31. The zero-order valence-electron chi connectivity index (χ0n) is 12.5. The van der Waals surface area contributed by atoms with Crippen molar-refractivity contribution in [2.45, 2.75) is 52.0 Å². The summed E-state index contributed by atoms with van der Waals surface area (Å²) < 4.78 is 27.1. The van der Waals surface area contributed by atoms with E-state index in [1.165, 1.54) is 31.7 Å². The summed E-state index contributed by atoms with van der Waals surface area (Å²) in [5.41, 5.74) is 0.496. The molecule has 1 N–H and O–H groups in total. The molecule has 0 aliphatic heterocycles. The minimum absolute atomic E-state index is 0.257. The fourth-order valence-corrected chi connectivity index (χ4v) is 3.46. The van der Waals surface area contributed by atoms with Gasteiger partial charge >= 0.3 is 0 Å². The minimum Gasteiger partial charge on any atom is -0.314 e. The molecule has 3 heteroatoms. The van der Waals surface area contributed by atoms with Crippen LogP contribution in [-0.4, -0.2) is 12.6 Å². The topological polar surface area (TPSA) is 12.0 Å². The van der Waals surface area contributed by atoms with Crippen molar-refractivity contribution in [3.63, 3.8) is 0 Å². The van der Waals surface area contributed by atoms with Crippen LogP contribution in [0.4, 0.5) is 8.78 Å². The molecule has 1 aliphatic rings. The number of nitrogens with one attached hydrogen (secondary N) is 1. The van der Waals surface area contributed by atoms with Crippen LogP contribution in [0, 0.1) is 23.5 Å². The van der Waals surface area contributed by atoms with Crippen LogP contribution in [0.25, 0.3) is 0 Å². The third kappa shape index (κ3) is 3.57. The second-order valence-corrected chi connectivity index (χ2v) is 5.93. The normalized spacial score (nSPS) is 24.0. The lowest BCUT2D eigenvalue weighted by Gasteiger charge is -2.25. The Balaban J connectivity index is 2.07. The number of likely N-dealkylation sites (N-methyl/N-ethyl adjacent to an activating group) is 1. The molecule has 1 saturated carbocycles. The molecule has 1 aromatic rings. The van der Waals surface area contributed by atoms with E-state index in [0.29, 0.717) is 17.9 Å². The maximum atomic E-state index is 13.8. The summed E-state index contributed by atoms with van der Waals surface area (Å²) in [5.74, 6) is -0.0304. The largest absolute Gasteiger partial charge is 0.314 e. The fourth-order valence-electron chi connectivity index (χ4n) is 3.46. The molecule has 1 fully saturated rings. The summed E-state index contributed by atoms with van der Waals surface area (Å²) in [7, 11) is 0. The van der Waals surface area contributed by atoms with E-state index < -0.39 is 11.6 Å². The van der Waals surface area contributed by atoms with Crippen LogP contribution < -0.4 is 5.32 Å². The van der Waals surface area contributed by atoms with Gasteiger partial charge in [0.25, 0.3) is 0 Å². The molecule has 0 aromatic heterocycles. The number of benzene rings is 1. The van der Waals surface area contributed by atoms with Gasteiger partial charge in [0.1, 0.15) is 0 Å². The van der Waals surface area contributed by atoms with Crippen molar-refractivity contribution in [2.24, 2.45) is 11.8 Å². The van der Waals surface area contributed by atoms with Crippen molar-refractivity contribution in [3.8, 4) is 0 Å². The second kappa shape index (κ2) is 7.16. The van der Waals surface area contributed by atoms with Gasteiger partial charge in [-0.05, 0) is 49.3 Å². The van der Waals surface area contributed by atoms with Crippen molar-refractivity contribution in [1.29, 1.82) is 0 Å². The first kappa shape index (κ1) is 15.4. The molecule has 1 aliphatic carbocycles. The van der Waals surface area contributed by atoms with Crippen LogP contribution in [0.5, 0.6) is 0 Å². The Morgan fingerprint density at radius 2 is 2.05 bits per heavy atom. The van der Waals surface area contributed by atoms with Gasteiger partial charge < -0.3 is 5.32 Å². The van der Waals surface area contributed by atoms with Crippen LogP contribution in [0.15, 0.2) is 18.2 Å². The van der Waals surface area contributed by atoms with Gasteiger partial charge in [0.2, 0.25) is 0 Å². The standard InChI is InChI=1S/C17H25F2N/c1-3-12-8-9-13(10-12)16(20-4-2)11-14-6-5-7-15(18)17(14)19/h5-7,12-13,16,20H,3-4,8-11H2,1-2H3. The number of hydrogen-bond donors (Lipinski definition) is 1. The maximum absolute atomic E-state index is 13.8. The maximum Gasteiger partial charge on any atom is 0.162 e. The Labute approximate surface area is 120 Å². The van der Waals surface area contributed by atoms with Gasteiger partial charge in [0.05, 0.1) is 0 Å². The van der Waals surface area contributed by atoms with E-state index in [1.807, 2.05) is 0 Å². The summed E-state index contributed by atoms with van der Waals surface area (Å²) >= 11 is 0. The molecule has 1 aromatic carbocycles. The summed E-state index contributed by atoms with van der Waals surface area (Å²) in [6.45, 7) is 5.18. The molecule has 112 valence electrons. The van der Waals surface area contributed by atoms with Crippen molar-refractivity contribution in [3.05, 3.63) is 35.4 Å². The van der Waals surface area contributed by atoms with E-state index in [9.17, 15) is 8.78 Å². The Morgan fingerprint density at radius 3 is 2.70 bits per heavy atom. The highest BCUT2D eigenvalue weighted by atomic mass is 19.2. The molecule has 0 heterocycles. The van der Waals surface area contributed by atoms with Crippen LogP contribution in [0.2, 0.25) is 0 Å². The predicted molar refractivity (Wildman–Crippen MR) is 78.6 cm³/mol. The first-order valence-corrected chi connectivity index (χ1v) is 7.81. The van der Waals surface area contributed by atoms with Gasteiger partial charge in [0, 0.05) is 6.04 Å². The molecule has 0 amide bonds. The molecule has 1 nitrogen and oxygen atoms in total. The molecule has 20 heavy (non-hydrogen) atoms. The molecule has 0 saturated heterocycles. The van der Waals surface area contributed by atoms with Gasteiger partial charge in [-0.25, -0.2) is 8.78 Å². The summed E-state index contributed by atoms with van der Waals surface area (Å²) in [6.07, 6.45) is 5.50. The van der Waals surface area contributed by atoms with E-state index in [4.69, 9.17) is 0 Å². The van der Waals surface area contributed by atoms with E-state index in [-0.39, 0.29) is 6.04 Å². The van der Waals surface area contributed by atoms with Crippen molar-refractivity contribution in [2.75, 3.05) is 6.54 Å². The van der Waals surface area contributed by atoms with Crippen LogP contribution >= 0.6 is 0 Å². The summed E-state index contributed by atoms with van der Waals surface area (Å²) in [4.78, 5) is 0. The lowest BCUT2D eigenvalue weighted by atomic mass is 9.90. The molecular formula is C17H25F2N. The Hall–Kier alpha value is -0.960. The molecular weight excluding hydrogens is 256 g/mol. The molecule has 3 unspecified atom stereocenters. The van der Waals surface area contributed by atoms with Crippen LogP contribution in [0.1, 0.15) is 45.1 Å². The average molecular weight is 281 g/mol. The number of hydrogen-bond acceptors (Lipinski definition) is 1. The lowest BCUT2D eigenvalue weighted by Crippen LogP contribution is -2.37. The first-order valence-electron chi connectivity index (χ1n) is 7.81. The van der Waals surface area contributed by atoms with Crippen LogP contribution in [-0.2, 0) is 6.42 Å². The molecule has 0 radical (unpaired) electrons. The van der Waals surface area contributed by atoms with E-state index in [2.05, 4.69) is 19.2 Å². The average Bonchev–Trinajstić information content (AvgIpc) is 2.92. The smallest absolute Gasteiger partial charge is 0.162 e. The van der Waals surface area contributed by atoms with E-state index >= 15 is 0 Å². The third-order valence-corrected chi connectivity index (χ3v) is 4.67. The number of halogens is 2. The highest BCUT2D eigenvalue weighted by molar-refractivity contribution is 5.20. The molecule has 3 atom stereocenters. The first-order chi connectivity index (χ1) is 9.65. The quantitative estimate of drug-likeness (QED) is 0.819. The highest BCUT2D eigenvalue weighted by Gasteiger charge is 2.30. The van der Waals surface area contributed by atoms with Gasteiger partial charge in [-0.2, -0.15) is 0 Å².